The van der Waals surface area contributed by atoms with Gasteiger partial charge < -0.3 is 5.11 Å². The zero-order chi connectivity index (χ0) is 12.1. The summed E-state index contributed by atoms with van der Waals surface area (Å²) in [5.41, 5.74) is 0.565. The average Bonchev–Trinajstić information content (AvgIpc) is 2.26. The van der Waals surface area contributed by atoms with E-state index in [-0.39, 0.29) is 6.42 Å². The molecule has 0 spiro atoms. The van der Waals surface area contributed by atoms with Crippen molar-refractivity contribution < 1.29 is 14.7 Å². The van der Waals surface area contributed by atoms with Crippen molar-refractivity contribution in [1.82, 2.24) is 0 Å². The van der Waals surface area contributed by atoms with Crippen LogP contribution < -0.4 is 0 Å². The number of rotatable bonds is 4. The molecule has 16 heavy (non-hydrogen) atoms. The number of halogens is 1. The Morgan fingerprint density at radius 2 is 1.94 bits per heavy atom. The van der Waals surface area contributed by atoms with E-state index in [0.29, 0.717) is 10.6 Å². The van der Waals surface area contributed by atoms with Gasteiger partial charge in [-0.15, -0.1) is 12.3 Å². The Bertz CT molecular complexity index is 442. The molecule has 0 saturated heterocycles. The van der Waals surface area contributed by atoms with Crippen molar-refractivity contribution in [2.45, 2.75) is 12.3 Å². The second-order valence-corrected chi connectivity index (χ2v) is 3.62. The summed E-state index contributed by atoms with van der Waals surface area (Å²) in [4.78, 5) is 22.0. The molecule has 1 atom stereocenters. The summed E-state index contributed by atoms with van der Waals surface area (Å²) in [5.74, 6) is -0.885. The van der Waals surface area contributed by atoms with Gasteiger partial charge in [0.2, 0.25) is 5.78 Å². The van der Waals surface area contributed by atoms with Crippen LogP contribution in [0.25, 0.3) is 0 Å². The van der Waals surface area contributed by atoms with Crippen LogP contribution in [0.1, 0.15) is 17.9 Å². The van der Waals surface area contributed by atoms with Crippen LogP contribution in [0, 0.1) is 12.3 Å². The van der Waals surface area contributed by atoms with Crippen molar-refractivity contribution in [2.75, 3.05) is 0 Å². The normalized spacial score (nSPS) is 11.5. The predicted octanol–water partition coefficient (Wildman–Crippen LogP) is 2.10. The molecule has 0 radical (unpaired) electrons. The van der Waals surface area contributed by atoms with Gasteiger partial charge in [0.05, 0.1) is 5.92 Å². The van der Waals surface area contributed by atoms with Crippen LogP contribution in [-0.2, 0) is 9.59 Å². The van der Waals surface area contributed by atoms with E-state index in [1.165, 1.54) is 0 Å². The molecular formula is C12H9ClO3. The molecule has 0 bridgehead atoms. The van der Waals surface area contributed by atoms with Crippen molar-refractivity contribution in [3.8, 4) is 12.3 Å². The van der Waals surface area contributed by atoms with E-state index >= 15 is 0 Å². The quantitative estimate of drug-likeness (QED) is 0.643. The Labute approximate surface area is 98.0 Å². The summed E-state index contributed by atoms with van der Waals surface area (Å²) in [6, 6.07) is 6.39. The third kappa shape index (κ3) is 2.85. The number of carbonyl (C=O) groups is 2. The monoisotopic (exact) mass is 236 g/mol. The third-order valence-electron chi connectivity index (χ3n) is 2.12. The summed E-state index contributed by atoms with van der Waals surface area (Å²) < 4.78 is 0. The van der Waals surface area contributed by atoms with Crippen molar-refractivity contribution in [2.24, 2.45) is 0 Å². The van der Waals surface area contributed by atoms with E-state index in [0.717, 1.165) is 0 Å². The maximum Gasteiger partial charge on any atom is 0.372 e. The lowest BCUT2D eigenvalue weighted by Gasteiger charge is -2.10. The average molecular weight is 237 g/mol. The molecule has 0 saturated carbocycles. The van der Waals surface area contributed by atoms with Gasteiger partial charge in [0, 0.05) is 11.4 Å². The molecule has 1 N–H and O–H groups in total. The molecule has 4 heteroatoms. The molecule has 1 unspecified atom stereocenters. The number of Topliss-reactive ketones (excluding diaryl/α,β-unsaturated/α-hetero) is 1. The fourth-order valence-corrected chi connectivity index (χ4v) is 1.45. The van der Waals surface area contributed by atoms with E-state index in [2.05, 4.69) is 5.92 Å². The van der Waals surface area contributed by atoms with Crippen LogP contribution in [0.2, 0.25) is 5.02 Å². The van der Waals surface area contributed by atoms with Gasteiger partial charge in [-0.05, 0) is 17.7 Å². The number of benzene rings is 1. The second kappa shape index (κ2) is 5.34. The first-order valence-corrected chi connectivity index (χ1v) is 4.90. The third-order valence-corrected chi connectivity index (χ3v) is 2.37. The maximum absolute atomic E-state index is 11.4. The van der Waals surface area contributed by atoms with Gasteiger partial charge in [0.25, 0.3) is 0 Å². The lowest BCUT2D eigenvalue weighted by Crippen LogP contribution is -2.21. The smallest absolute Gasteiger partial charge is 0.372 e. The number of hydrogen-bond donors (Lipinski definition) is 1. The Morgan fingerprint density at radius 1 is 1.38 bits per heavy atom. The number of hydrogen-bond acceptors (Lipinski definition) is 2. The molecule has 0 fully saturated rings. The van der Waals surface area contributed by atoms with Gasteiger partial charge in [-0.1, -0.05) is 23.7 Å². The van der Waals surface area contributed by atoms with Crippen LogP contribution in [0.3, 0.4) is 0 Å². The van der Waals surface area contributed by atoms with E-state index in [4.69, 9.17) is 23.1 Å². The largest absolute Gasteiger partial charge is 0.475 e. The highest BCUT2D eigenvalue weighted by atomic mass is 35.5. The van der Waals surface area contributed by atoms with Gasteiger partial charge in [-0.25, -0.2) is 4.79 Å². The van der Waals surface area contributed by atoms with Gasteiger partial charge in [0.1, 0.15) is 0 Å². The molecule has 0 heterocycles. The maximum atomic E-state index is 11.4. The molecule has 82 valence electrons. The molecule has 0 amide bonds. The zero-order valence-corrected chi connectivity index (χ0v) is 9.07. The molecule has 0 aliphatic carbocycles. The number of carboxylic acid groups (broad SMARTS) is 1. The first-order valence-electron chi connectivity index (χ1n) is 4.52. The molecular weight excluding hydrogens is 228 g/mol. The molecule has 0 aliphatic heterocycles. The van der Waals surface area contributed by atoms with Crippen LogP contribution in [0.5, 0.6) is 0 Å². The van der Waals surface area contributed by atoms with Gasteiger partial charge >= 0.3 is 5.97 Å². The number of carboxylic acids is 1. The molecule has 1 rings (SSSR count). The summed E-state index contributed by atoms with van der Waals surface area (Å²) in [6.45, 7) is 0. The topological polar surface area (TPSA) is 54.4 Å². The van der Waals surface area contributed by atoms with Gasteiger partial charge in [-0.2, -0.15) is 0 Å². The molecule has 1 aromatic rings. The lowest BCUT2D eigenvalue weighted by atomic mass is 9.92. The van der Waals surface area contributed by atoms with Crippen LogP contribution >= 0.6 is 11.6 Å². The van der Waals surface area contributed by atoms with E-state index in [1.807, 2.05) is 0 Å². The second-order valence-electron chi connectivity index (χ2n) is 3.18. The van der Waals surface area contributed by atoms with Gasteiger partial charge in [-0.3, -0.25) is 4.79 Å². The summed E-state index contributed by atoms with van der Waals surface area (Å²) in [7, 11) is 0. The number of ketones is 1. The van der Waals surface area contributed by atoms with Crippen molar-refractivity contribution >= 4 is 23.4 Å². The standard InChI is InChI=1S/C12H9ClO3/c1-2-3-10(11(14)12(15)16)8-4-6-9(13)7-5-8/h1,4-7,10H,3H2,(H,15,16). The first kappa shape index (κ1) is 12.3. The van der Waals surface area contributed by atoms with E-state index in [9.17, 15) is 9.59 Å². The fourth-order valence-electron chi connectivity index (χ4n) is 1.32. The summed E-state index contributed by atoms with van der Waals surface area (Å²) in [5, 5.41) is 9.17. The number of aliphatic carboxylic acids is 1. The Balaban J connectivity index is 3.03. The van der Waals surface area contributed by atoms with Crippen molar-refractivity contribution in [3.63, 3.8) is 0 Å². The van der Waals surface area contributed by atoms with E-state index in [1.54, 1.807) is 24.3 Å². The molecule has 3 nitrogen and oxygen atoms in total. The molecule has 1 aromatic carbocycles. The summed E-state index contributed by atoms with van der Waals surface area (Å²) in [6.07, 6.45) is 5.18. The first-order chi connectivity index (χ1) is 7.56. The predicted molar refractivity (Wildman–Crippen MR) is 60.3 cm³/mol. The molecule has 0 aromatic heterocycles. The SMILES string of the molecule is C#CCC(C(=O)C(=O)O)c1ccc(Cl)cc1. The van der Waals surface area contributed by atoms with Gasteiger partial charge in [0.15, 0.2) is 0 Å². The molecule has 0 aliphatic rings. The zero-order valence-electron chi connectivity index (χ0n) is 8.31. The highest BCUT2D eigenvalue weighted by Crippen LogP contribution is 2.22. The van der Waals surface area contributed by atoms with Crippen LogP contribution in [0.15, 0.2) is 24.3 Å². The highest BCUT2D eigenvalue weighted by Gasteiger charge is 2.25. The Hall–Kier alpha value is -1.79. The van der Waals surface area contributed by atoms with Crippen LogP contribution in [-0.4, -0.2) is 16.9 Å². The Morgan fingerprint density at radius 3 is 2.38 bits per heavy atom. The van der Waals surface area contributed by atoms with Crippen molar-refractivity contribution in [1.29, 1.82) is 0 Å². The van der Waals surface area contributed by atoms with E-state index < -0.39 is 17.7 Å². The minimum absolute atomic E-state index is 0.0623. The highest BCUT2D eigenvalue weighted by molar-refractivity contribution is 6.35. The van der Waals surface area contributed by atoms with Crippen LogP contribution in [0.4, 0.5) is 0 Å². The fraction of sp³-hybridized carbons (Fsp3) is 0.167. The Kier molecular flexibility index (Phi) is 4.10. The number of carbonyl (C=O) groups excluding carboxylic acids is 1. The minimum atomic E-state index is -1.48. The number of terminal acetylenes is 1. The minimum Gasteiger partial charge on any atom is -0.475 e. The van der Waals surface area contributed by atoms with Crippen molar-refractivity contribution in [3.05, 3.63) is 34.9 Å². The lowest BCUT2D eigenvalue weighted by molar-refractivity contribution is -0.149. The summed E-state index contributed by atoms with van der Waals surface area (Å²) >= 11 is 5.69.